The Labute approximate surface area is 114 Å². The zero-order valence-corrected chi connectivity index (χ0v) is 11.6. The molecule has 2 N–H and O–H groups in total. The molecule has 0 bridgehead atoms. The zero-order chi connectivity index (χ0) is 13.7. The van der Waals surface area contributed by atoms with E-state index in [2.05, 4.69) is 4.90 Å². The quantitative estimate of drug-likeness (QED) is 0.824. The van der Waals surface area contributed by atoms with Gasteiger partial charge in [-0.25, -0.2) is 4.39 Å². The molecule has 4 heteroatoms. The molecule has 0 saturated heterocycles. The highest BCUT2D eigenvalue weighted by Gasteiger charge is 2.25. The molecule has 106 valence electrons. The van der Waals surface area contributed by atoms with Crippen LogP contribution in [-0.2, 0) is 6.54 Å². The number of nitrogens with zero attached hydrogens (tertiary/aromatic N) is 1. The Bertz CT molecular complexity index is 407. The van der Waals surface area contributed by atoms with Crippen LogP contribution in [0.4, 0.5) is 4.39 Å². The van der Waals surface area contributed by atoms with Crippen LogP contribution in [0.2, 0.25) is 0 Å². The number of benzene rings is 1. The lowest BCUT2D eigenvalue weighted by Gasteiger charge is -2.37. The van der Waals surface area contributed by atoms with Gasteiger partial charge in [0.05, 0.1) is 7.11 Å². The summed E-state index contributed by atoms with van der Waals surface area (Å²) in [5, 5.41) is 0. The maximum atomic E-state index is 14.0. The highest BCUT2D eigenvalue weighted by molar-refractivity contribution is 5.28. The van der Waals surface area contributed by atoms with Crippen molar-refractivity contribution in [3.05, 3.63) is 29.6 Å². The van der Waals surface area contributed by atoms with Gasteiger partial charge in [-0.05, 0) is 38.4 Å². The summed E-state index contributed by atoms with van der Waals surface area (Å²) in [5.41, 5.74) is 6.32. The van der Waals surface area contributed by atoms with E-state index in [1.54, 1.807) is 7.11 Å². The Balaban J connectivity index is 2.02. The monoisotopic (exact) mass is 266 g/mol. The van der Waals surface area contributed by atoms with Crippen LogP contribution in [0.25, 0.3) is 0 Å². The topological polar surface area (TPSA) is 38.5 Å². The minimum Gasteiger partial charge on any atom is -0.497 e. The van der Waals surface area contributed by atoms with Gasteiger partial charge >= 0.3 is 0 Å². The summed E-state index contributed by atoms with van der Waals surface area (Å²) >= 11 is 0. The van der Waals surface area contributed by atoms with E-state index in [9.17, 15) is 4.39 Å². The van der Waals surface area contributed by atoms with Gasteiger partial charge in [0.25, 0.3) is 0 Å². The molecule has 0 atom stereocenters. The van der Waals surface area contributed by atoms with Crippen molar-refractivity contribution >= 4 is 0 Å². The van der Waals surface area contributed by atoms with Crippen molar-refractivity contribution in [3.8, 4) is 5.75 Å². The summed E-state index contributed by atoms with van der Waals surface area (Å²) in [5.74, 6) is 0.384. The van der Waals surface area contributed by atoms with Crippen molar-refractivity contribution in [2.24, 2.45) is 5.73 Å². The molecule has 1 fully saturated rings. The minimum absolute atomic E-state index is 0.184. The summed E-state index contributed by atoms with van der Waals surface area (Å²) in [6.45, 7) is 2.31. The van der Waals surface area contributed by atoms with Crippen LogP contribution >= 0.6 is 0 Å². The molecule has 0 amide bonds. The highest BCUT2D eigenvalue weighted by Crippen LogP contribution is 2.27. The molecule has 1 aromatic rings. The van der Waals surface area contributed by atoms with Crippen LogP contribution in [0.3, 0.4) is 0 Å². The van der Waals surface area contributed by atoms with Crippen molar-refractivity contribution in [2.75, 3.05) is 20.2 Å². The lowest BCUT2D eigenvalue weighted by Crippen LogP contribution is -2.40. The Kier molecular flexibility index (Phi) is 5.16. The molecule has 0 aromatic heterocycles. The number of halogens is 1. The van der Waals surface area contributed by atoms with Crippen molar-refractivity contribution in [1.82, 2.24) is 4.90 Å². The average Bonchev–Trinajstić information content (AvgIpc) is 2.36. The van der Waals surface area contributed by atoms with Crippen LogP contribution in [-0.4, -0.2) is 31.1 Å². The predicted molar refractivity (Wildman–Crippen MR) is 74.7 cm³/mol. The van der Waals surface area contributed by atoms with Crippen LogP contribution in [0.1, 0.15) is 31.2 Å². The number of hydrogen-bond acceptors (Lipinski definition) is 3. The molecule has 1 aliphatic carbocycles. The maximum Gasteiger partial charge on any atom is 0.131 e. The van der Waals surface area contributed by atoms with Crippen LogP contribution in [0.15, 0.2) is 18.2 Å². The fourth-order valence-corrected chi connectivity index (χ4v) is 2.44. The Morgan fingerprint density at radius 1 is 1.42 bits per heavy atom. The van der Waals surface area contributed by atoms with Gasteiger partial charge in [-0.3, -0.25) is 4.90 Å². The lowest BCUT2D eigenvalue weighted by atomic mass is 9.91. The van der Waals surface area contributed by atoms with Gasteiger partial charge in [-0.2, -0.15) is 0 Å². The second-order valence-corrected chi connectivity index (χ2v) is 5.15. The van der Waals surface area contributed by atoms with E-state index >= 15 is 0 Å². The zero-order valence-electron chi connectivity index (χ0n) is 11.6. The van der Waals surface area contributed by atoms with Gasteiger partial charge in [0, 0.05) is 24.2 Å². The van der Waals surface area contributed by atoms with Gasteiger partial charge in [0.2, 0.25) is 0 Å². The van der Waals surface area contributed by atoms with Crippen LogP contribution in [0, 0.1) is 5.82 Å². The Morgan fingerprint density at radius 3 is 2.74 bits per heavy atom. The number of nitrogens with two attached hydrogens (primary N) is 1. The van der Waals surface area contributed by atoms with Crippen molar-refractivity contribution < 1.29 is 9.13 Å². The van der Waals surface area contributed by atoms with E-state index < -0.39 is 0 Å². The summed E-state index contributed by atoms with van der Waals surface area (Å²) in [6, 6.07) is 5.70. The third-order valence-corrected chi connectivity index (χ3v) is 3.87. The molecule has 1 aromatic carbocycles. The van der Waals surface area contributed by atoms with E-state index in [4.69, 9.17) is 10.5 Å². The van der Waals surface area contributed by atoms with Gasteiger partial charge < -0.3 is 10.5 Å². The molecule has 19 heavy (non-hydrogen) atoms. The molecule has 1 saturated carbocycles. The maximum absolute atomic E-state index is 14.0. The summed E-state index contributed by atoms with van der Waals surface area (Å²) in [6.07, 6.45) is 4.70. The Hall–Kier alpha value is -1.13. The first kappa shape index (κ1) is 14.3. The number of hydrogen-bond donors (Lipinski definition) is 1. The molecule has 3 nitrogen and oxygen atoms in total. The molecule has 1 aliphatic rings. The van der Waals surface area contributed by atoms with E-state index in [0.717, 1.165) is 18.5 Å². The molecule has 0 heterocycles. The van der Waals surface area contributed by atoms with E-state index in [1.165, 1.54) is 25.3 Å². The van der Waals surface area contributed by atoms with Gasteiger partial charge in [0.1, 0.15) is 11.6 Å². The first-order chi connectivity index (χ1) is 9.24. The number of ether oxygens (including phenoxy) is 1. The molecular weight excluding hydrogens is 243 g/mol. The van der Waals surface area contributed by atoms with Gasteiger partial charge in [-0.15, -0.1) is 0 Å². The Morgan fingerprint density at radius 2 is 2.21 bits per heavy atom. The first-order valence-electron chi connectivity index (χ1n) is 7.01. The summed E-state index contributed by atoms with van der Waals surface area (Å²) in [4.78, 5) is 2.36. The van der Waals surface area contributed by atoms with Crippen molar-refractivity contribution in [1.29, 1.82) is 0 Å². The number of methoxy groups -OCH3 is 1. The van der Waals surface area contributed by atoms with E-state index in [-0.39, 0.29) is 5.82 Å². The average molecular weight is 266 g/mol. The van der Waals surface area contributed by atoms with E-state index in [0.29, 0.717) is 24.9 Å². The lowest BCUT2D eigenvalue weighted by molar-refractivity contribution is 0.117. The minimum atomic E-state index is -0.184. The molecule has 2 rings (SSSR count). The third-order valence-electron chi connectivity index (χ3n) is 3.87. The van der Waals surface area contributed by atoms with Crippen LogP contribution < -0.4 is 10.5 Å². The van der Waals surface area contributed by atoms with E-state index in [1.807, 2.05) is 12.1 Å². The normalized spacial score (nSPS) is 15.6. The highest BCUT2D eigenvalue weighted by atomic mass is 19.1. The first-order valence-corrected chi connectivity index (χ1v) is 7.01. The second-order valence-electron chi connectivity index (χ2n) is 5.15. The van der Waals surface area contributed by atoms with Crippen molar-refractivity contribution in [2.45, 2.75) is 38.3 Å². The SMILES string of the molecule is COc1ccc(CN(CCCN)C2CCC2)c(F)c1. The largest absolute Gasteiger partial charge is 0.497 e. The fourth-order valence-electron chi connectivity index (χ4n) is 2.44. The van der Waals surface area contributed by atoms with Crippen LogP contribution in [0.5, 0.6) is 5.75 Å². The van der Waals surface area contributed by atoms with Crippen molar-refractivity contribution in [3.63, 3.8) is 0 Å². The van der Waals surface area contributed by atoms with Gasteiger partial charge in [-0.1, -0.05) is 12.5 Å². The predicted octanol–water partition coefficient (Wildman–Crippen LogP) is 2.54. The molecule has 0 radical (unpaired) electrons. The van der Waals surface area contributed by atoms with Gasteiger partial charge in [0.15, 0.2) is 0 Å². The molecule has 0 aliphatic heterocycles. The standard InChI is InChI=1S/C15H23FN2O/c1-19-14-7-6-12(15(16)10-14)11-18(9-3-8-17)13-4-2-5-13/h6-7,10,13H,2-5,8-9,11,17H2,1H3. The molecule has 0 unspecified atom stereocenters. The second kappa shape index (κ2) is 6.87. The summed E-state index contributed by atoms with van der Waals surface area (Å²) < 4.78 is 19.0. The third kappa shape index (κ3) is 3.67. The number of rotatable bonds is 7. The fraction of sp³-hybridized carbons (Fsp3) is 0.600. The summed E-state index contributed by atoms with van der Waals surface area (Å²) in [7, 11) is 1.55. The smallest absolute Gasteiger partial charge is 0.131 e. The molecule has 0 spiro atoms. The molecular formula is C15H23FN2O.